The fraction of sp³-hybridized carbons (Fsp3) is 0.867. The van der Waals surface area contributed by atoms with E-state index < -0.39 is 18.0 Å². The molecule has 5 nitrogen and oxygen atoms in total. The van der Waals surface area contributed by atoms with Crippen LogP contribution in [-0.2, 0) is 23.8 Å². The quantitative estimate of drug-likeness (QED) is 0.408. The number of carbonyl (C=O) groups excluding carboxylic acids is 2. The summed E-state index contributed by atoms with van der Waals surface area (Å²) >= 11 is 0. The number of carbonyl (C=O) groups is 2. The Morgan fingerprint density at radius 3 is 1.95 bits per heavy atom. The van der Waals surface area contributed by atoms with Gasteiger partial charge in [-0.05, 0) is 12.8 Å². The highest BCUT2D eigenvalue weighted by Gasteiger charge is 2.23. The molecule has 0 saturated carbocycles. The molecule has 0 aliphatic rings. The molecule has 118 valence electrons. The maximum Gasteiger partial charge on any atom is 0.335 e. The maximum absolute atomic E-state index is 11.7. The molecule has 0 fully saturated rings. The van der Waals surface area contributed by atoms with Crippen molar-refractivity contribution in [3.05, 3.63) is 0 Å². The lowest BCUT2D eigenvalue weighted by atomic mass is 10.2. The molecular weight excluding hydrogens is 260 g/mol. The smallest absolute Gasteiger partial charge is 0.335 e. The molecule has 0 radical (unpaired) electrons. The van der Waals surface area contributed by atoms with Crippen LogP contribution in [0.15, 0.2) is 0 Å². The summed E-state index contributed by atoms with van der Waals surface area (Å²) in [5.41, 5.74) is 0. The molecule has 0 aliphatic heterocycles. The first-order valence-corrected chi connectivity index (χ1v) is 7.50. The summed E-state index contributed by atoms with van der Waals surface area (Å²) in [5.74, 6) is -0.910. The van der Waals surface area contributed by atoms with Gasteiger partial charge < -0.3 is 14.2 Å². The Morgan fingerprint density at radius 1 is 0.900 bits per heavy atom. The van der Waals surface area contributed by atoms with Gasteiger partial charge in [-0.3, -0.25) is 4.79 Å². The number of rotatable bonds is 12. The number of hydrogen-bond donors (Lipinski definition) is 0. The number of ether oxygens (including phenoxy) is 3. The van der Waals surface area contributed by atoms with Crippen molar-refractivity contribution in [2.45, 2.75) is 64.9 Å². The predicted octanol–water partition coefficient (Wildman–Crippen LogP) is 2.86. The van der Waals surface area contributed by atoms with Crippen LogP contribution in [0.3, 0.4) is 0 Å². The second-order valence-electron chi connectivity index (χ2n) is 4.73. The summed E-state index contributed by atoms with van der Waals surface area (Å²) in [6.07, 6.45) is 4.91. The van der Waals surface area contributed by atoms with Gasteiger partial charge in [0.1, 0.15) is 0 Å². The Bertz CT molecular complexity index is 265. The van der Waals surface area contributed by atoms with Gasteiger partial charge in [0.05, 0.1) is 19.6 Å². The van der Waals surface area contributed by atoms with Crippen molar-refractivity contribution in [1.82, 2.24) is 0 Å². The van der Waals surface area contributed by atoms with Gasteiger partial charge >= 0.3 is 11.9 Å². The van der Waals surface area contributed by atoms with Crippen LogP contribution in [0.2, 0.25) is 0 Å². The normalized spacial score (nSPS) is 11.9. The molecule has 0 aliphatic carbocycles. The van der Waals surface area contributed by atoms with Crippen LogP contribution in [0.1, 0.15) is 58.8 Å². The van der Waals surface area contributed by atoms with Crippen molar-refractivity contribution in [2.24, 2.45) is 0 Å². The monoisotopic (exact) mass is 288 g/mol. The van der Waals surface area contributed by atoms with Crippen molar-refractivity contribution in [2.75, 3.05) is 20.3 Å². The van der Waals surface area contributed by atoms with E-state index in [4.69, 9.17) is 14.2 Å². The van der Waals surface area contributed by atoms with Gasteiger partial charge in [-0.15, -0.1) is 0 Å². The number of methoxy groups -OCH3 is 1. The zero-order valence-electron chi connectivity index (χ0n) is 13.0. The zero-order valence-corrected chi connectivity index (χ0v) is 13.0. The van der Waals surface area contributed by atoms with E-state index in [0.717, 1.165) is 38.5 Å². The summed E-state index contributed by atoms with van der Waals surface area (Å²) in [4.78, 5) is 23.2. The highest BCUT2D eigenvalue weighted by Crippen LogP contribution is 2.05. The van der Waals surface area contributed by atoms with Crippen LogP contribution in [0, 0.1) is 0 Å². The first-order chi connectivity index (χ1) is 9.65. The Balaban J connectivity index is 3.87. The van der Waals surface area contributed by atoms with Gasteiger partial charge in [-0.25, -0.2) is 4.79 Å². The summed E-state index contributed by atoms with van der Waals surface area (Å²) in [6.45, 7) is 4.93. The highest BCUT2D eigenvalue weighted by atomic mass is 16.6. The van der Waals surface area contributed by atoms with Crippen molar-refractivity contribution >= 4 is 11.9 Å². The van der Waals surface area contributed by atoms with E-state index in [0.29, 0.717) is 13.2 Å². The Labute approximate surface area is 122 Å². The van der Waals surface area contributed by atoms with E-state index >= 15 is 0 Å². The molecule has 0 bridgehead atoms. The fourth-order valence-corrected chi connectivity index (χ4v) is 1.63. The van der Waals surface area contributed by atoms with Crippen LogP contribution in [-0.4, -0.2) is 38.4 Å². The van der Waals surface area contributed by atoms with E-state index in [9.17, 15) is 9.59 Å². The van der Waals surface area contributed by atoms with Crippen molar-refractivity contribution in [1.29, 1.82) is 0 Å². The minimum Gasteiger partial charge on any atom is -0.466 e. The molecule has 0 aromatic carbocycles. The molecule has 0 N–H and O–H groups in total. The predicted molar refractivity (Wildman–Crippen MR) is 76.4 cm³/mol. The third kappa shape index (κ3) is 9.78. The zero-order chi connectivity index (χ0) is 15.2. The largest absolute Gasteiger partial charge is 0.466 e. The molecule has 0 aromatic rings. The van der Waals surface area contributed by atoms with Gasteiger partial charge in [0.25, 0.3) is 0 Å². The second-order valence-corrected chi connectivity index (χ2v) is 4.73. The van der Waals surface area contributed by atoms with Gasteiger partial charge in [0.15, 0.2) is 6.10 Å². The second kappa shape index (κ2) is 12.9. The highest BCUT2D eigenvalue weighted by molar-refractivity contribution is 5.81. The SMILES string of the molecule is CCCCCOC(=O)CC(OC)C(=O)OCCCCC. The summed E-state index contributed by atoms with van der Waals surface area (Å²) in [7, 11) is 1.39. The number of hydrogen-bond acceptors (Lipinski definition) is 5. The molecular formula is C15H28O5. The van der Waals surface area contributed by atoms with Gasteiger partial charge in [0.2, 0.25) is 0 Å². The Kier molecular flexibility index (Phi) is 12.2. The van der Waals surface area contributed by atoms with Crippen LogP contribution in [0.25, 0.3) is 0 Å². The molecule has 0 amide bonds. The molecule has 0 aromatic heterocycles. The lowest BCUT2D eigenvalue weighted by molar-refractivity contribution is -0.162. The minimum absolute atomic E-state index is 0.0881. The third-order valence-electron chi connectivity index (χ3n) is 2.90. The molecule has 1 atom stereocenters. The Hall–Kier alpha value is -1.10. The molecule has 5 heteroatoms. The lowest BCUT2D eigenvalue weighted by Gasteiger charge is -2.14. The first-order valence-electron chi connectivity index (χ1n) is 7.50. The van der Waals surface area contributed by atoms with E-state index in [2.05, 4.69) is 13.8 Å². The summed E-state index contributed by atoms with van der Waals surface area (Å²) in [6, 6.07) is 0. The third-order valence-corrected chi connectivity index (χ3v) is 2.90. The van der Waals surface area contributed by atoms with E-state index in [1.54, 1.807) is 0 Å². The fourth-order valence-electron chi connectivity index (χ4n) is 1.63. The van der Waals surface area contributed by atoms with E-state index in [1.807, 2.05) is 0 Å². The van der Waals surface area contributed by atoms with Crippen molar-refractivity contribution in [3.63, 3.8) is 0 Å². The van der Waals surface area contributed by atoms with Gasteiger partial charge in [0, 0.05) is 7.11 Å². The van der Waals surface area contributed by atoms with Crippen LogP contribution in [0.5, 0.6) is 0 Å². The summed E-state index contributed by atoms with van der Waals surface area (Å²) in [5, 5.41) is 0. The van der Waals surface area contributed by atoms with Gasteiger partial charge in [-0.2, -0.15) is 0 Å². The van der Waals surface area contributed by atoms with Crippen molar-refractivity contribution in [3.8, 4) is 0 Å². The average Bonchev–Trinajstić information content (AvgIpc) is 2.45. The Morgan fingerprint density at radius 2 is 1.45 bits per heavy atom. The van der Waals surface area contributed by atoms with E-state index in [-0.39, 0.29) is 6.42 Å². The topological polar surface area (TPSA) is 61.8 Å². The minimum atomic E-state index is -0.865. The standard InChI is InChI=1S/C15H28O5/c1-4-6-8-10-19-14(16)12-13(18-3)15(17)20-11-9-7-5-2/h13H,4-12H2,1-3H3. The van der Waals surface area contributed by atoms with Crippen molar-refractivity contribution < 1.29 is 23.8 Å². The van der Waals surface area contributed by atoms with Crippen LogP contribution >= 0.6 is 0 Å². The number of esters is 2. The molecule has 0 spiro atoms. The summed E-state index contributed by atoms with van der Waals surface area (Å²) < 4.78 is 15.1. The molecule has 1 unspecified atom stereocenters. The molecule has 20 heavy (non-hydrogen) atoms. The first kappa shape index (κ1) is 18.9. The molecule has 0 rings (SSSR count). The average molecular weight is 288 g/mol. The van der Waals surface area contributed by atoms with Crippen LogP contribution in [0.4, 0.5) is 0 Å². The molecule has 0 saturated heterocycles. The van der Waals surface area contributed by atoms with Gasteiger partial charge in [-0.1, -0.05) is 39.5 Å². The van der Waals surface area contributed by atoms with Crippen LogP contribution < -0.4 is 0 Å². The lowest BCUT2D eigenvalue weighted by Crippen LogP contribution is -2.29. The maximum atomic E-state index is 11.7. The molecule has 0 heterocycles. The number of unbranched alkanes of at least 4 members (excludes halogenated alkanes) is 4. The van der Waals surface area contributed by atoms with E-state index in [1.165, 1.54) is 7.11 Å².